The average Bonchev–Trinajstić information content (AvgIpc) is 2.72. The number of urea groups is 2. The van der Waals surface area contributed by atoms with Gasteiger partial charge < -0.3 is 20.4 Å². The maximum atomic E-state index is 12.9. The fraction of sp³-hybridized carbons (Fsp3) is 0.333. The Bertz CT molecular complexity index is 1020. The van der Waals surface area contributed by atoms with Crippen LogP contribution < -0.4 is 10.6 Å². The van der Waals surface area contributed by atoms with E-state index in [0.29, 0.717) is 0 Å². The number of amides is 4. The number of carbonyl (C=O) groups is 2. The Morgan fingerprint density at radius 2 is 1.30 bits per heavy atom. The molecule has 0 aliphatic carbocycles. The predicted molar refractivity (Wildman–Crippen MR) is 109 cm³/mol. The molecule has 1 aliphatic rings. The first-order chi connectivity index (χ1) is 15.3. The molecular formula is C21H20F6N4O2. The first kappa shape index (κ1) is 24.2. The number of alkyl halides is 6. The Morgan fingerprint density at radius 3 is 1.76 bits per heavy atom. The molecule has 0 radical (unpaired) electrons. The SMILES string of the molecule is C[C@H]1CN(C(=O)Nc2cccc(C(F)(F)F)c2)CCN1C(=O)Nc1cccc(C(F)(F)F)c1. The van der Waals surface area contributed by atoms with E-state index in [1.54, 1.807) is 6.92 Å². The number of carbonyl (C=O) groups excluding carboxylic acids is 2. The Balaban J connectivity index is 1.59. The second-order valence-electron chi connectivity index (χ2n) is 7.51. The van der Waals surface area contributed by atoms with Gasteiger partial charge in [0.15, 0.2) is 0 Å². The molecule has 6 nitrogen and oxygen atoms in total. The van der Waals surface area contributed by atoms with E-state index >= 15 is 0 Å². The summed E-state index contributed by atoms with van der Waals surface area (Å²) in [5, 5.41) is 4.83. The summed E-state index contributed by atoms with van der Waals surface area (Å²) in [7, 11) is 0. The predicted octanol–water partition coefficient (Wildman–Crippen LogP) is 5.49. The number of benzene rings is 2. The normalized spacial score (nSPS) is 17.0. The van der Waals surface area contributed by atoms with Crippen LogP contribution in [0.3, 0.4) is 0 Å². The lowest BCUT2D eigenvalue weighted by molar-refractivity contribution is -0.138. The summed E-state index contributed by atoms with van der Waals surface area (Å²) in [5.41, 5.74) is -1.84. The monoisotopic (exact) mass is 474 g/mol. The molecule has 2 aromatic rings. The van der Waals surface area contributed by atoms with Crippen LogP contribution in [0.1, 0.15) is 18.1 Å². The van der Waals surface area contributed by atoms with E-state index in [9.17, 15) is 35.9 Å². The number of nitrogens with one attached hydrogen (secondary N) is 2. The molecule has 1 heterocycles. The van der Waals surface area contributed by atoms with Crippen LogP contribution in [0.4, 0.5) is 47.3 Å². The summed E-state index contributed by atoms with van der Waals surface area (Å²) in [6, 6.07) is 6.69. The topological polar surface area (TPSA) is 64.7 Å². The van der Waals surface area contributed by atoms with Crippen LogP contribution in [-0.2, 0) is 12.4 Å². The van der Waals surface area contributed by atoms with Crippen LogP contribution in [-0.4, -0.2) is 47.5 Å². The molecular weight excluding hydrogens is 454 g/mol. The van der Waals surface area contributed by atoms with Crippen molar-refractivity contribution in [2.45, 2.75) is 25.3 Å². The minimum Gasteiger partial charge on any atom is -0.321 e. The number of halogens is 6. The third-order valence-corrected chi connectivity index (χ3v) is 5.06. The van der Waals surface area contributed by atoms with E-state index < -0.39 is 41.6 Å². The van der Waals surface area contributed by atoms with Crippen LogP contribution in [0.2, 0.25) is 0 Å². The van der Waals surface area contributed by atoms with Crippen molar-refractivity contribution in [2.24, 2.45) is 0 Å². The molecule has 178 valence electrons. The zero-order valence-electron chi connectivity index (χ0n) is 17.3. The molecule has 33 heavy (non-hydrogen) atoms. The van der Waals surface area contributed by atoms with Gasteiger partial charge in [-0.05, 0) is 43.3 Å². The van der Waals surface area contributed by atoms with Crippen LogP contribution in [0.5, 0.6) is 0 Å². The van der Waals surface area contributed by atoms with Gasteiger partial charge in [0.2, 0.25) is 0 Å². The molecule has 1 fully saturated rings. The molecule has 0 aromatic heterocycles. The van der Waals surface area contributed by atoms with Gasteiger partial charge in [-0.2, -0.15) is 26.3 Å². The van der Waals surface area contributed by atoms with E-state index in [1.807, 2.05) is 0 Å². The van der Waals surface area contributed by atoms with E-state index in [2.05, 4.69) is 10.6 Å². The molecule has 0 saturated carbocycles. The third kappa shape index (κ3) is 6.08. The maximum Gasteiger partial charge on any atom is 0.416 e. The highest BCUT2D eigenvalue weighted by Crippen LogP contribution is 2.32. The third-order valence-electron chi connectivity index (χ3n) is 5.06. The van der Waals surface area contributed by atoms with Gasteiger partial charge in [0.05, 0.1) is 11.1 Å². The van der Waals surface area contributed by atoms with Crippen molar-refractivity contribution in [3.8, 4) is 0 Å². The summed E-state index contributed by atoms with van der Waals surface area (Å²) < 4.78 is 77.1. The standard InChI is InChI=1S/C21H20F6N4O2/c1-13-12-30(18(32)28-16-6-2-4-14(10-16)20(22,23)24)8-9-31(13)19(33)29-17-7-3-5-15(11-17)21(25,26)27/h2-7,10-11,13H,8-9,12H2,1H3,(H,28,32)(H,29,33)/t13-/m0/s1. The van der Waals surface area contributed by atoms with Crippen molar-refractivity contribution in [3.05, 3.63) is 59.7 Å². The molecule has 1 aliphatic heterocycles. The number of rotatable bonds is 2. The molecule has 4 amide bonds. The number of hydrogen-bond donors (Lipinski definition) is 2. The lowest BCUT2D eigenvalue weighted by atomic mass is 10.2. The van der Waals surface area contributed by atoms with Crippen LogP contribution in [0, 0.1) is 0 Å². The molecule has 3 rings (SSSR count). The smallest absolute Gasteiger partial charge is 0.321 e. The van der Waals surface area contributed by atoms with Gasteiger partial charge in [0.25, 0.3) is 0 Å². The van der Waals surface area contributed by atoms with Crippen molar-refractivity contribution in [1.29, 1.82) is 0 Å². The Kier molecular flexibility index (Phi) is 6.75. The molecule has 0 spiro atoms. The highest BCUT2D eigenvalue weighted by atomic mass is 19.4. The summed E-state index contributed by atoms with van der Waals surface area (Å²) >= 11 is 0. The van der Waals surface area contributed by atoms with Gasteiger partial charge in [0.1, 0.15) is 0 Å². The van der Waals surface area contributed by atoms with Gasteiger partial charge in [-0.15, -0.1) is 0 Å². The van der Waals surface area contributed by atoms with Crippen molar-refractivity contribution in [3.63, 3.8) is 0 Å². The maximum absolute atomic E-state index is 12.9. The average molecular weight is 474 g/mol. The lowest BCUT2D eigenvalue weighted by Crippen LogP contribution is -2.57. The number of hydrogen-bond acceptors (Lipinski definition) is 2. The fourth-order valence-electron chi connectivity index (χ4n) is 3.39. The van der Waals surface area contributed by atoms with Crippen molar-refractivity contribution >= 4 is 23.4 Å². The lowest BCUT2D eigenvalue weighted by Gasteiger charge is -2.39. The zero-order chi connectivity index (χ0) is 24.4. The van der Waals surface area contributed by atoms with Gasteiger partial charge in [-0.25, -0.2) is 9.59 Å². The Morgan fingerprint density at radius 1 is 0.818 bits per heavy atom. The van der Waals surface area contributed by atoms with Gasteiger partial charge in [-0.1, -0.05) is 12.1 Å². The summed E-state index contributed by atoms with van der Waals surface area (Å²) in [6.07, 6.45) is -9.10. The van der Waals surface area contributed by atoms with E-state index in [4.69, 9.17) is 0 Å². The minimum absolute atomic E-state index is 0.0211. The van der Waals surface area contributed by atoms with E-state index in [-0.39, 0.29) is 31.0 Å². The largest absolute Gasteiger partial charge is 0.416 e. The van der Waals surface area contributed by atoms with Crippen LogP contribution >= 0.6 is 0 Å². The van der Waals surface area contributed by atoms with Gasteiger partial charge in [0, 0.05) is 37.1 Å². The first-order valence-electron chi connectivity index (χ1n) is 9.82. The summed E-state index contributed by atoms with van der Waals surface area (Å²) in [5.74, 6) is 0. The Hall–Kier alpha value is -3.44. The molecule has 0 bridgehead atoms. The number of piperazine rings is 1. The van der Waals surface area contributed by atoms with Crippen molar-refractivity contribution < 1.29 is 35.9 Å². The zero-order valence-corrected chi connectivity index (χ0v) is 17.3. The van der Waals surface area contributed by atoms with E-state index in [0.717, 1.165) is 24.3 Å². The second-order valence-corrected chi connectivity index (χ2v) is 7.51. The highest BCUT2D eigenvalue weighted by Gasteiger charge is 2.33. The van der Waals surface area contributed by atoms with Crippen LogP contribution in [0.15, 0.2) is 48.5 Å². The molecule has 2 N–H and O–H groups in total. The minimum atomic E-state index is -4.55. The molecule has 1 atom stereocenters. The second kappa shape index (κ2) is 9.20. The number of anilines is 2. The van der Waals surface area contributed by atoms with E-state index in [1.165, 1.54) is 34.1 Å². The molecule has 0 unspecified atom stereocenters. The first-order valence-corrected chi connectivity index (χ1v) is 9.82. The van der Waals surface area contributed by atoms with Crippen molar-refractivity contribution in [2.75, 3.05) is 30.3 Å². The quantitative estimate of drug-likeness (QED) is 0.565. The highest BCUT2D eigenvalue weighted by molar-refractivity contribution is 5.91. The summed E-state index contributed by atoms with van der Waals surface area (Å²) in [6.45, 7) is 1.91. The molecule has 12 heteroatoms. The van der Waals surface area contributed by atoms with Gasteiger partial charge in [-0.3, -0.25) is 0 Å². The number of nitrogens with zero attached hydrogens (tertiary/aromatic N) is 2. The van der Waals surface area contributed by atoms with Crippen LogP contribution in [0.25, 0.3) is 0 Å². The van der Waals surface area contributed by atoms with Crippen molar-refractivity contribution in [1.82, 2.24) is 9.80 Å². The molecule has 2 aromatic carbocycles. The molecule has 1 saturated heterocycles. The van der Waals surface area contributed by atoms with Gasteiger partial charge >= 0.3 is 24.4 Å². The Labute approximate surface area is 185 Å². The summed E-state index contributed by atoms with van der Waals surface area (Å²) in [4.78, 5) is 27.7. The fourth-order valence-corrected chi connectivity index (χ4v) is 3.39.